The number of hydrogen-bond acceptors (Lipinski definition) is 3. The fourth-order valence-corrected chi connectivity index (χ4v) is 2.26. The number of aliphatic hydroxyl groups is 1. The van der Waals surface area contributed by atoms with E-state index in [1.54, 1.807) is 0 Å². The van der Waals surface area contributed by atoms with Gasteiger partial charge in [-0.25, -0.2) is 0 Å². The van der Waals surface area contributed by atoms with Crippen molar-refractivity contribution < 1.29 is 5.11 Å². The number of aromatic nitrogens is 2. The van der Waals surface area contributed by atoms with Crippen LogP contribution < -0.4 is 5.32 Å². The van der Waals surface area contributed by atoms with Gasteiger partial charge in [-0.2, -0.15) is 5.10 Å². The van der Waals surface area contributed by atoms with Crippen LogP contribution in [0.15, 0.2) is 18.5 Å². The van der Waals surface area contributed by atoms with E-state index in [-0.39, 0.29) is 6.10 Å². The van der Waals surface area contributed by atoms with Gasteiger partial charge in [-0.1, -0.05) is 0 Å². The van der Waals surface area contributed by atoms with Crippen LogP contribution in [0.25, 0.3) is 0 Å². The highest BCUT2D eigenvalue weighted by atomic mass is 16.3. The standard InChI is InChI=1S/C12H21N3O/c16-12-5-3-11(4-6-12)13-7-1-9-15-10-2-8-14-15/h2,8,10-13,16H,1,3-7,9H2. The number of nitrogens with one attached hydrogen (secondary N) is 1. The number of aliphatic hydroxyl groups excluding tert-OH is 1. The third-order valence-electron chi connectivity index (χ3n) is 3.25. The Hall–Kier alpha value is -0.870. The Kier molecular flexibility index (Phi) is 4.36. The van der Waals surface area contributed by atoms with E-state index in [9.17, 15) is 5.11 Å². The summed E-state index contributed by atoms with van der Waals surface area (Å²) in [4.78, 5) is 0. The van der Waals surface area contributed by atoms with Gasteiger partial charge >= 0.3 is 0 Å². The Morgan fingerprint density at radius 1 is 1.31 bits per heavy atom. The van der Waals surface area contributed by atoms with Crippen LogP contribution in [0.3, 0.4) is 0 Å². The minimum absolute atomic E-state index is 0.0536. The van der Waals surface area contributed by atoms with E-state index in [0.717, 1.165) is 45.2 Å². The van der Waals surface area contributed by atoms with Gasteiger partial charge in [0.1, 0.15) is 0 Å². The van der Waals surface area contributed by atoms with Crippen LogP contribution in [0.2, 0.25) is 0 Å². The van der Waals surface area contributed by atoms with Gasteiger partial charge in [0.2, 0.25) is 0 Å². The summed E-state index contributed by atoms with van der Waals surface area (Å²) < 4.78 is 1.96. The second-order valence-corrected chi connectivity index (χ2v) is 4.58. The van der Waals surface area contributed by atoms with Crippen LogP contribution in [0.4, 0.5) is 0 Å². The maximum absolute atomic E-state index is 9.38. The highest BCUT2D eigenvalue weighted by Gasteiger charge is 2.18. The molecule has 0 unspecified atom stereocenters. The fraction of sp³-hybridized carbons (Fsp3) is 0.750. The lowest BCUT2D eigenvalue weighted by atomic mass is 9.93. The average Bonchev–Trinajstić information content (AvgIpc) is 2.80. The molecule has 4 heteroatoms. The van der Waals surface area contributed by atoms with Gasteiger partial charge in [0.25, 0.3) is 0 Å². The van der Waals surface area contributed by atoms with E-state index in [1.807, 2.05) is 23.1 Å². The maximum atomic E-state index is 9.38. The summed E-state index contributed by atoms with van der Waals surface area (Å²) in [5, 5.41) is 17.1. The van der Waals surface area contributed by atoms with Crippen molar-refractivity contribution in [3.63, 3.8) is 0 Å². The molecule has 0 bridgehead atoms. The summed E-state index contributed by atoms with van der Waals surface area (Å²) in [6.45, 7) is 2.02. The van der Waals surface area contributed by atoms with Gasteiger partial charge < -0.3 is 10.4 Å². The lowest BCUT2D eigenvalue weighted by Gasteiger charge is -2.26. The zero-order valence-electron chi connectivity index (χ0n) is 9.68. The molecular formula is C12H21N3O. The Morgan fingerprint density at radius 2 is 2.12 bits per heavy atom. The average molecular weight is 223 g/mol. The molecule has 2 rings (SSSR count). The molecule has 1 aliphatic carbocycles. The molecule has 0 saturated heterocycles. The predicted octanol–water partition coefficient (Wildman–Crippen LogP) is 1.17. The topological polar surface area (TPSA) is 50.1 Å². The summed E-state index contributed by atoms with van der Waals surface area (Å²) >= 11 is 0. The van der Waals surface area contributed by atoms with Gasteiger partial charge in [-0.05, 0) is 44.7 Å². The first-order chi connectivity index (χ1) is 7.84. The van der Waals surface area contributed by atoms with E-state index in [4.69, 9.17) is 0 Å². The van der Waals surface area contributed by atoms with E-state index < -0.39 is 0 Å². The number of hydrogen-bond donors (Lipinski definition) is 2. The summed E-state index contributed by atoms with van der Waals surface area (Å²) in [7, 11) is 0. The molecule has 0 radical (unpaired) electrons. The Bertz CT molecular complexity index is 278. The van der Waals surface area contributed by atoms with E-state index in [2.05, 4.69) is 10.4 Å². The van der Waals surface area contributed by atoms with Crippen LogP contribution in [-0.2, 0) is 6.54 Å². The quantitative estimate of drug-likeness (QED) is 0.737. The Labute approximate surface area is 96.7 Å². The second kappa shape index (κ2) is 6.01. The molecule has 1 aromatic rings. The fourth-order valence-electron chi connectivity index (χ4n) is 2.26. The molecule has 2 N–H and O–H groups in total. The molecule has 0 spiro atoms. The van der Waals surface area contributed by atoms with Crippen molar-refractivity contribution in [3.05, 3.63) is 18.5 Å². The first-order valence-electron chi connectivity index (χ1n) is 6.23. The number of rotatable bonds is 5. The summed E-state index contributed by atoms with van der Waals surface area (Å²) in [6, 6.07) is 2.57. The predicted molar refractivity (Wildman–Crippen MR) is 63.1 cm³/mol. The first kappa shape index (κ1) is 11.6. The normalized spacial score (nSPS) is 25.8. The largest absolute Gasteiger partial charge is 0.393 e. The van der Waals surface area contributed by atoms with Crippen molar-refractivity contribution >= 4 is 0 Å². The Balaban J connectivity index is 1.55. The summed E-state index contributed by atoms with van der Waals surface area (Å²) in [5.41, 5.74) is 0. The van der Waals surface area contributed by atoms with Crippen molar-refractivity contribution in [2.45, 2.75) is 50.8 Å². The Morgan fingerprint density at radius 3 is 2.81 bits per heavy atom. The molecule has 0 aromatic carbocycles. The van der Waals surface area contributed by atoms with Gasteiger partial charge in [-0.3, -0.25) is 4.68 Å². The molecule has 0 amide bonds. The monoisotopic (exact) mass is 223 g/mol. The minimum atomic E-state index is -0.0536. The van der Waals surface area contributed by atoms with Crippen molar-refractivity contribution in [3.8, 4) is 0 Å². The van der Waals surface area contributed by atoms with Gasteiger partial charge in [0, 0.05) is 25.0 Å². The van der Waals surface area contributed by atoms with E-state index in [0.29, 0.717) is 6.04 Å². The summed E-state index contributed by atoms with van der Waals surface area (Å²) in [5.74, 6) is 0. The van der Waals surface area contributed by atoms with Crippen molar-refractivity contribution in [2.24, 2.45) is 0 Å². The van der Waals surface area contributed by atoms with Crippen LogP contribution in [0.1, 0.15) is 32.1 Å². The number of aryl methyl sites for hydroxylation is 1. The lowest BCUT2D eigenvalue weighted by Crippen LogP contribution is -2.35. The van der Waals surface area contributed by atoms with Crippen molar-refractivity contribution in [2.75, 3.05) is 6.54 Å². The molecule has 16 heavy (non-hydrogen) atoms. The zero-order chi connectivity index (χ0) is 11.2. The van der Waals surface area contributed by atoms with Crippen LogP contribution in [0, 0.1) is 0 Å². The van der Waals surface area contributed by atoms with Crippen LogP contribution in [-0.4, -0.2) is 33.6 Å². The molecule has 0 atom stereocenters. The van der Waals surface area contributed by atoms with Gasteiger partial charge in [0.15, 0.2) is 0 Å². The highest BCUT2D eigenvalue weighted by molar-refractivity contribution is 4.78. The van der Waals surface area contributed by atoms with E-state index >= 15 is 0 Å². The van der Waals surface area contributed by atoms with E-state index in [1.165, 1.54) is 0 Å². The zero-order valence-corrected chi connectivity index (χ0v) is 9.68. The molecule has 1 aliphatic rings. The van der Waals surface area contributed by atoms with Crippen LogP contribution in [0.5, 0.6) is 0 Å². The minimum Gasteiger partial charge on any atom is -0.393 e. The van der Waals surface area contributed by atoms with Gasteiger partial charge in [0.05, 0.1) is 6.10 Å². The van der Waals surface area contributed by atoms with Crippen molar-refractivity contribution in [1.82, 2.24) is 15.1 Å². The molecule has 90 valence electrons. The molecule has 4 nitrogen and oxygen atoms in total. The maximum Gasteiger partial charge on any atom is 0.0541 e. The first-order valence-corrected chi connectivity index (χ1v) is 6.23. The molecule has 1 aromatic heterocycles. The molecule has 0 aliphatic heterocycles. The molecular weight excluding hydrogens is 202 g/mol. The molecule has 1 heterocycles. The lowest BCUT2D eigenvalue weighted by molar-refractivity contribution is 0.116. The van der Waals surface area contributed by atoms with Gasteiger partial charge in [-0.15, -0.1) is 0 Å². The summed E-state index contributed by atoms with van der Waals surface area (Å²) in [6.07, 6.45) is 9.01. The second-order valence-electron chi connectivity index (χ2n) is 4.58. The SMILES string of the molecule is OC1CCC(NCCCn2cccn2)CC1. The number of nitrogens with zero attached hydrogens (tertiary/aromatic N) is 2. The third-order valence-corrected chi connectivity index (χ3v) is 3.25. The molecule has 1 saturated carbocycles. The third kappa shape index (κ3) is 3.61. The van der Waals surface area contributed by atoms with Crippen molar-refractivity contribution in [1.29, 1.82) is 0 Å². The molecule has 1 fully saturated rings. The highest BCUT2D eigenvalue weighted by Crippen LogP contribution is 2.18. The smallest absolute Gasteiger partial charge is 0.0541 e. The van der Waals surface area contributed by atoms with Crippen LogP contribution >= 0.6 is 0 Å².